The average Bonchev–Trinajstić information content (AvgIpc) is 2.99. The van der Waals surface area contributed by atoms with Crippen LogP contribution in [0.4, 0.5) is 5.69 Å². The number of aliphatic hydroxyl groups excluding tert-OH is 1. The Morgan fingerprint density at radius 3 is 2.90 bits per heavy atom. The van der Waals surface area contributed by atoms with Gasteiger partial charge in [-0.25, -0.2) is 0 Å². The molecule has 0 aliphatic heterocycles. The number of nitrogens with one attached hydrogen (secondary N) is 1. The number of hydrogen-bond acceptors (Lipinski definition) is 3. The first-order valence-electron chi connectivity index (χ1n) is 6.46. The fourth-order valence-corrected chi connectivity index (χ4v) is 3.17. The summed E-state index contributed by atoms with van der Waals surface area (Å²) in [7, 11) is 0. The molecule has 0 saturated heterocycles. The number of halogens is 2. The molecular weight excluding hydrogens is 374 g/mol. The Bertz CT molecular complexity index is 604. The second-order valence-corrected chi connectivity index (χ2v) is 6.76. The number of hydrogen-bond donors (Lipinski definition) is 2. The zero-order chi connectivity index (χ0) is 15.2. The Morgan fingerprint density at radius 2 is 2.24 bits per heavy atom. The zero-order valence-corrected chi connectivity index (χ0v) is 14.3. The van der Waals surface area contributed by atoms with Crippen molar-refractivity contribution < 1.29 is 9.90 Å². The smallest absolute Gasteiger partial charge is 0.239 e. The first-order valence-corrected chi connectivity index (χ1v) is 8.66. The summed E-state index contributed by atoms with van der Waals surface area (Å²) < 4.78 is 0.858. The molecule has 1 amide bonds. The van der Waals surface area contributed by atoms with Gasteiger partial charge in [0.15, 0.2) is 0 Å². The third kappa shape index (κ3) is 4.81. The van der Waals surface area contributed by atoms with Gasteiger partial charge in [0.25, 0.3) is 0 Å². The fraction of sp³-hybridized carbons (Fsp3) is 0.267. The van der Waals surface area contributed by atoms with Crippen LogP contribution < -0.4 is 5.32 Å². The van der Waals surface area contributed by atoms with Crippen molar-refractivity contribution >= 4 is 50.5 Å². The standard InChI is InChI=1S/C15H15BrClNO2S/c16-10-3-5-13(18-15(20)9-17)12(8-10)14(19)6-4-11-2-1-7-21-11/h1-3,5,7-8,14,19H,4,6,9H2,(H,18,20). The minimum Gasteiger partial charge on any atom is -0.388 e. The van der Waals surface area contributed by atoms with Crippen LogP contribution in [-0.2, 0) is 11.2 Å². The van der Waals surface area contributed by atoms with Gasteiger partial charge in [-0.1, -0.05) is 22.0 Å². The minimum atomic E-state index is -0.643. The number of aryl methyl sites for hydroxylation is 1. The van der Waals surface area contributed by atoms with Crippen LogP contribution >= 0.6 is 38.9 Å². The maximum atomic E-state index is 11.5. The number of alkyl halides is 1. The first kappa shape index (κ1) is 16.5. The molecule has 1 aromatic carbocycles. The summed E-state index contributed by atoms with van der Waals surface area (Å²) in [6.45, 7) is 0. The van der Waals surface area contributed by atoms with Gasteiger partial charge in [-0.3, -0.25) is 4.79 Å². The summed E-state index contributed by atoms with van der Waals surface area (Å²) in [5.41, 5.74) is 1.29. The molecule has 1 heterocycles. The van der Waals surface area contributed by atoms with Gasteiger partial charge in [0.05, 0.1) is 6.10 Å². The highest BCUT2D eigenvalue weighted by Crippen LogP contribution is 2.30. The normalized spacial score (nSPS) is 12.1. The Labute approximate surface area is 141 Å². The number of anilines is 1. The Hall–Kier alpha value is -0.880. The highest BCUT2D eigenvalue weighted by atomic mass is 79.9. The largest absolute Gasteiger partial charge is 0.388 e. The first-order chi connectivity index (χ1) is 10.1. The van der Waals surface area contributed by atoms with Crippen molar-refractivity contribution in [1.82, 2.24) is 0 Å². The van der Waals surface area contributed by atoms with Crippen LogP contribution in [0.2, 0.25) is 0 Å². The lowest BCUT2D eigenvalue weighted by atomic mass is 10.0. The molecule has 0 radical (unpaired) electrons. The van der Waals surface area contributed by atoms with E-state index in [-0.39, 0.29) is 11.8 Å². The summed E-state index contributed by atoms with van der Waals surface area (Å²) in [6.07, 6.45) is 0.754. The molecule has 0 saturated carbocycles. The molecule has 0 aliphatic rings. The van der Waals surface area contributed by atoms with Gasteiger partial charge in [-0.05, 0) is 42.5 Å². The molecule has 2 N–H and O–H groups in total. The predicted molar refractivity (Wildman–Crippen MR) is 91.1 cm³/mol. The van der Waals surface area contributed by atoms with Crippen molar-refractivity contribution in [3.63, 3.8) is 0 Å². The van der Waals surface area contributed by atoms with Gasteiger partial charge in [-0.2, -0.15) is 0 Å². The number of rotatable bonds is 6. The number of aliphatic hydroxyl groups is 1. The predicted octanol–water partition coefficient (Wildman–Crippen LogP) is 4.35. The number of amides is 1. The van der Waals surface area contributed by atoms with E-state index < -0.39 is 6.10 Å². The number of benzene rings is 1. The summed E-state index contributed by atoms with van der Waals surface area (Å²) in [4.78, 5) is 12.7. The van der Waals surface area contributed by atoms with E-state index in [1.165, 1.54) is 4.88 Å². The molecule has 2 rings (SSSR count). The molecule has 21 heavy (non-hydrogen) atoms. The topological polar surface area (TPSA) is 49.3 Å². The third-order valence-electron chi connectivity index (χ3n) is 3.01. The van der Waals surface area contributed by atoms with E-state index >= 15 is 0 Å². The number of thiophene rings is 1. The van der Waals surface area contributed by atoms with Crippen molar-refractivity contribution in [2.24, 2.45) is 0 Å². The van der Waals surface area contributed by atoms with Crippen LogP contribution in [0.3, 0.4) is 0 Å². The van der Waals surface area contributed by atoms with E-state index in [4.69, 9.17) is 11.6 Å². The average molecular weight is 389 g/mol. The van der Waals surface area contributed by atoms with E-state index in [0.717, 1.165) is 10.9 Å². The van der Waals surface area contributed by atoms with E-state index in [2.05, 4.69) is 27.3 Å². The maximum absolute atomic E-state index is 11.5. The van der Waals surface area contributed by atoms with Gasteiger partial charge in [0.2, 0.25) is 5.91 Å². The van der Waals surface area contributed by atoms with Crippen LogP contribution in [0.1, 0.15) is 23.0 Å². The molecule has 112 valence electrons. The van der Waals surface area contributed by atoms with Crippen molar-refractivity contribution in [1.29, 1.82) is 0 Å². The Balaban J connectivity index is 2.12. The maximum Gasteiger partial charge on any atom is 0.239 e. The SMILES string of the molecule is O=C(CCl)Nc1ccc(Br)cc1C(O)CCc1cccs1. The molecule has 1 aromatic heterocycles. The van der Waals surface area contributed by atoms with Crippen molar-refractivity contribution in [2.45, 2.75) is 18.9 Å². The molecule has 6 heteroatoms. The van der Waals surface area contributed by atoms with E-state index in [1.807, 2.05) is 23.6 Å². The lowest BCUT2D eigenvalue weighted by Crippen LogP contribution is -2.15. The van der Waals surface area contributed by atoms with Crippen molar-refractivity contribution in [2.75, 3.05) is 11.2 Å². The van der Waals surface area contributed by atoms with Gasteiger partial charge >= 0.3 is 0 Å². The van der Waals surface area contributed by atoms with E-state index in [0.29, 0.717) is 17.7 Å². The summed E-state index contributed by atoms with van der Waals surface area (Å²) in [5.74, 6) is -0.397. The molecule has 0 bridgehead atoms. The summed E-state index contributed by atoms with van der Waals surface area (Å²) in [6, 6.07) is 9.45. The van der Waals surface area contributed by atoms with Crippen LogP contribution in [0, 0.1) is 0 Å². The zero-order valence-electron chi connectivity index (χ0n) is 11.2. The quantitative estimate of drug-likeness (QED) is 0.723. The van der Waals surface area contributed by atoms with Crippen LogP contribution in [0.5, 0.6) is 0 Å². The molecule has 0 fully saturated rings. The second kappa shape index (κ2) is 7.94. The fourth-order valence-electron chi connectivity index (χ4n) is 2.00. The molecule has 1 atom stereocenters. The molecular formula is C15H15BrClNO2S. The summed E-state index contributed by atoms with van der Waals surface area (Å²) >= 11 is 10.6. The van der Waals surface area contributed by atoms with Gasteiger partial charge in [0.1, 0.15) is 5.88 Å². The third-order valence-corrected chi connectivity index (χ3v) is 4.68. The van der Waals surface area contributed by atoms with Crippen LogP contribution in [0.15, 0.2) is 40.2 Å². The monoisotopic (exact) mass is 387 g/mol. The summed E-state index contributed by atoms with van der Waals surface area (Å²) in [5, 5.41) is 15.1. The molecule has 0 aliphatic carbocycles. The van der Waals surface area contributed by atoms with Gasteiger partial charge < -0.3 is 10.4 Å². The molecule has 0 spiro atoms. The Kier molecular flexibility index (Phi) is 6.23. The minimum absolute atomic E-state index is 0.110. The number of carbonyl (C=O) groups excluding carboxylic acids is 1. The highest BCUT2D eigenvalue weighted by Gasteiger charge is 2.15. The van der Waals surface area contributed by atoms with E-state index in [9.17, 15) is 9.90 Å². The molecule has 3 nitrogen and oxygen atoms in total. The van der Waals surface area contributed by atoms with Gasteiger partial charge in [0, 0.05) is 20.6 Å². The highest BCUT2D eigenvalue weighted by molar-refractivity contribution is 9.10. The number of carbonyl (C=O) groups is 1. The lowest BCUT2D eigenvalue weighted by molar-refractivity contribution is -0.113. The van der Waals surface area contributed by atoms with Crippen LogP contribution in [-0.4, -0.2) is 16.9 Å². The second-order valence-electron chi connectivity index (χ2n) is 4.55. The van der Waals surface area contributed by atoms with E-state index in [1.54, 1.807) is 17.4 Å². The molecule has 2 aromatic rings. The van der Waals surface area contributed by atoms with Gasteiger partial charge in [-0.15, -0.1) is 22.9 Å². The molecule has 1 unspecified atom stereocenters. The Morgan fingerprint density at radius 1 is 1.43 bits per heavy atom. The van der Waals surface area contributed by atoms with Crippen LogP contribution in [0.25, 0.3) is 0 Å². The van der Waals surface area contributed by atoms with Crippen molar-refractivity contribution in [3.8, 4) is 0 Å². The van der Waals surface area contributed by atoms with Crippen molar-refractivity contribution in [3.05, 3.63) is 50.6 Å². The lowest BCUT2D eigenvalue weighted by Gasteiger charge is -2.16.